The third-order valence-corrected chi connectivity index (χ3v) is 6.36. The molecule has 5 aromatic rings. The molecule has 0 fully saturated rings. The Hall–Kier alpha value is -4.26. The Labute approximate surface area is 215 Å². The van der Waals surface area contributed by atoms with E-state index in [0.717, 1.165) is 38.2 Å². The second-order valence-electron chi connectivity index (χ2n) is 8.42. The van der Waals surface area contributed by atoms with E-state index in [9.17, 15) is 5.26 Å². The number of allylic oxidation sites excluding steroid dienone is 1. The number of halogens is 1. The van der Waals surface area contributed by atoms with Gasteiger partial charge in [0.15, 0.2) is 11.5 Å². The van der Waals surface area contributed by atoms with Gasteiger partial charge in [-0.2, -0.15) is 5.26 Å². The van der Waals surface area contributed by atoms with Crippen LogP contribution in [0.2, 0.25) is 5.02 Å². The smallest absolute Gasteiger partial charge is 0.180 e. The van der Waals surface area contributed by atoms with Gasteiger partial charge in [-0.15, -0.1) is 0 Å². The quantitative estimate of drug-likeness (QED) is 0.169. The molecule has 4 heteroatoms. The van der Waals surface area contributed by atoms with E-state index >= 15 is 0 Å². The maximum absolute atomic E-state index is 9.90. The molecule has 0 heterocycles. The molecular formula is C32H24ClNO2. The van der Waals surface area contributed by atoms with Crippen molar-refractivity contribution in [2.24, 2.45) is 0 Å². The predicted octanol–water partition coefficient (Wildman–Crippen LogP) is 8.69. The highest BCUT2D eigenvalue weighted by atomic mass is 35.5. The van der Waals surface area contributed by atoms with Crippen LogP contribution >= 0.6 is 11.6 Å². The molecule has 0 saturated heterocycles. The van der Waals surface area contributed by atoms with Crippen molar-refractivity contribution in [2.45, 2.75) is 13.5 Å². The lowest BCUT2D eigenvalue weighted by Gasteiger charge is -2.15. The average Bonchev–Trinajstić information content (AvgIpc) is 2.91. The van der Waals surface area contributed by atoms with Crippen molar-refractivity contribution in [2.75, 3.05) is 6.61 Å². The number of nitriles is 1. The summed E-state index contributed by atoms with van der Waals surface area (Å²) in [5, 5.41) is 14.9. The summed E-state index contributed by atoms with van der Waals surface area (Å²) in [7, 11) is 0. The maximum Gasteiger partial charge on any atom is 0.180 e. The minimum Gasteiger partial charge on any atom is -0.490 e. The summed E-state index contributed by atoms with van der Waals surface area (Å²) in [5.74, 6) is 1.04. The van der Waals surface area contributed by atoms with Crippen molar-refractivity contribution in [3.05, 3.63) is 119 Å². The molecule has 0 aliphatic rings. The number of hydrogen-bond donors (Lipinski definition) is 0. The van der Waals surface area contributed by atoms with Crippen molar-refractivity contribution >= 4 is 44.8 Å². The lowest BCUT2D eigenvalue weighted by atomic mass is 10.00. The highest BCUT2D eigenvalue weighted by molar-refractivity contribution is 6.32. The highest BCUT2D eigenvalue weighted by Crippen LogP contribution is 2.38. The molecule has 0 spiro atoms. The van der Waals surface area contributed by atoms with Crippen LogP contribution in [-0.4, -0.2) is 6.61 Å². The first-order valence-electron chi connectivity index (χ1n) is 11.8. The zero-order valence-corrected chi connectivity index (χ0v) is 20.6. The molecule has 0 amide bonds. The number of hydrogen-bond acceptors (Lipinski definition) is 3. The molecule has 0 bridgehead atoms. The summed E-state index contributed by atoms with van der Waals surface area (Å²) in [6.45, 7) is 2.74. The van der Waals surface area contributed by atoms with Crippen molar-refractivity contribution < 1.29 is 9.47 Å². The summed E-state index contributed by atoms with van der Waals surface area (Å²) in [5.41, 5.74) is 3.23. The Morgan fingerprint density at radius 2 is 1.58 bits per heavy atom. The topological polar surface area (TPSA) is 42.2 Å². The Balaban J connectivity index is 1.47. The van der Waals surface area contributed by atoms with Crippen molar-refractivity contribution in [1.29, 1.82) is 5.26 Å². The molecule has 176 valence electrons. The van der Waals surface area contributed by atoms with E-state index in [-0.39, 0.29) is 0 Å². The summed E-state index contributed by atoms with van der Waals surface area (Å²) >= 11 is 6.69. The van der Waals surface area contributed by atoms with Gasteiger partial charge in [0, 0.05) is 0 Å². The van der Waals surface area contributed by atoms with Gasteiger partial charge in [-0.05, 0) is 69.4 Å². The molecule has 0 aliphatic carbocycles. The molecule has 0 unspecified atom stereocenters. The van der Waals surface area contributed by atoms with E-state index in [2.05, 4.69) is 36.4 Å². The van der Waals surface area contributed by atoms with Crippen LogP contribution in [0.15, 0.2) is 97.1 Å². The molecule has 36 heavy (non-hydrogen) atoms. The second-order valence-corrected chi connectivity index (χ2v) is 8.83. The highest BCUT2D eigenvalue weighted by Gasteiger charge is 2.14. The van der Waals surface area contributed by atoms with Crippen LogP contribution in [-0.2, 0) is 6.61 Å². The Kier molecular flexibility index (Phi) is 6.89. The molecule has 5 aromatic carbocycles. The minimum atomic E-state index is 0.358. The summed E-state index contributed by atoms with van der Waals surface area (Å²) in [6.07, 6.45) is 1.83. The molecule has 0 saturated carbocycles. The summed E-state index contributed by atoms with van der Waals surface area (Å²) in [4.78, 5) is 0. The predicted molar refractivity (Wildman–Crippen MR) is 148 cm³/mol. The normalized spacial score (nSPS) is 11.4. The first kappa shape index (κ1) is 23.5. The first-order valence-corrected chi connectivity index (χ1v) is 12.2. The van der Waals surface area contributed by atoms with Gasteiger partial charge in [0.05, 0.1) is 23.3 Å². The largest absolute Gasteiger partial charge is 0.490 e. The third-order valence-electron chi connectivity index (χ3n) is 6.08. The summed E-state index contributed by atoms with van der Waals surface area (Å²) in [6, 6.07) is 34.5. The van der Waals surface area contributed by atoms with Crippen LogP contribution < -0.4 is 9.47 Å². The Morgan fingerprint density at radius 3 is 2.39 bits per heavy atom. The molecule has 0 atom stereocenters. The fourth-order valence-corrected chi connectivity index (χ4v) is 4.62. The Morgan fingerprint density at radius 1 is 0.833 bits per heavy atom. The number of nitrogens with zero attached hydrogens (tertiary/aromatic N) is 1. The first-order chi connectivity index (χ1) is 17.7. The SMILES string of the molecule is CCOc1cc(/C=C(/C#N)c2ccc3ccccc3c2)cc(Cl)c1OCc1cccc2ccccc12. The lowest BCUT2D eigenvalue weighted by Crippen LogP contribution is -2.01. The van der Waals surface area contributed by atoms with Crippen LogP contribution in [0.1, 0.15) is 23.6 Å². The lowest BCUT2D eigenvalue weighted by molar-refractivity contribution is 0.270. The van der Waals surface area contributed by atoms with Gasteiger partial charge < -0.3 is 9.47 Å². The van der Waals surface area contributed by atoms with Gasteiger partial charge in [-0.1, -0.05) is 90.5 Å². The van der Waals surface area contributed by atoms with Crippen molar-refractivity contribution in [3.63, 3.8) is 0 Å². The monoisotopic (exact) mass is 489 g/mol. The van der Waals surface area contributed by atoms with E-state index < -0.39 is 0 Å². The minimum absolute atomic E-state index is 0.358. The van der Waals surface area contributed by atoms with E-state index in [0.29, 0.717) is 35.3 Å². The van der Waals surface area contributed by atoms with E-state index in [1.807, 2.05) is 73.7 Å². The fraction of sp³-hybridized carbons (Fsp3) is 0.0938. The number of benzene rings is 5. The zero-order chi connectivity index (χ0) is 24.9. The van der Waals surface area contributed by atoms with Crippen molar-refractivity contribution in [3.8, 4) is 17.6 Å². The number of fused-ring (bicyclic) bond motifs is 2. The maximum atomic E-state index is 9.90. The van der Waals surface area contributed by atoms with Crippen LogP contribution in [0.25, 0.3) is 33.2 Å². The van der Waals surface area contributed by atoms with Crippen LogP contribution in [0, 0.1) is 11.3 Å². The van der Waals surface area contributed by atoms with Gasteiger partial charge in [-0.3, -0.25) is 0 Å². The van der Waals surface area contributed by atoms with E-state index in [1.165, 1.54) is 0 Å². The van der Waals surface area contributed by atoms with Crippen LogP contribution in [0.4, 0.5) is 0 Å². The van der Waals surface area contributed by atoms with Crippen molar-refractivity contribution in [1.82, 2.24) is 0 Å². The molecule has 0 aliphatic heterocycles. The van der Waals surface area contributed by atoms with Crippen LogP contribution in [0.3, 0.4) is 0 Å². The molecule has 0 aromatic heterocycles. The van der Waals surface area contributed by atoms with Gasteiger partial charge in [0.1, 0.15) is 6.61 Å². The molecule has 3 nitrogen and oxygen atoms in total. The molecular weight excluding hydrogens is 466 g/mol. The average molecular weight is 490 g/mol. The fourth-order valence-electron chi connectivity index (χ4n) is 4.35. The second kappa shape index (κ2) is 10.6. The molecule has 0 N–H and O–H groups in total. The van der Waals surface area contributed by atoms with Gasteiger partial charge in [0.25, 0.3) is 0 Å². The Bertz CT molecular complexity index is 1630. The zero-order valence-electron chi connectivity index (χ0n) is 19.9. The van der Waals surface area contributed by atoms with E-state index in [1.54, 1.807) is 6.07 Å². The van der Waals surface area contributed by atoms with Crippen LogP contribution in [0.5, 0.6) is 11.5 Å². The van der Waals surface area contributed by atoms with Gasteiger partial charge in [0.2, 0.25) is 0 Å². The van der Waals surface area contributed by atoms with E-state index in [4.69, 9.17) is 21.1 Å². The summed E-state index contributed by atoms with van der Waals surface area (Å²) < 4.78 is 12.1. The van der Waals surface area contributed by atoms with Gasteiger partial charge >= 0.3 is 0 Å². The standard InChI is InChI=1S/C32H24ClNO2/c1-2-35-31-18-22(16-28(20-34)26-15-14-23-8-3-4-10-25(23)19-26)17-30(33)32(31)36-21-27-12-7-11-24-9-5-6-13-29(24)27/h3-19H,2,21H2,1H3/b28-16-. The number of rotatable bonds is 7. The molecule has 5 rings (SSSR count). The third kappa shape index (κ3) is 4.91. The number of ether oxygens (including phenoxy) is 2. The van der Waals surface area contributed by atoms with Gasteiger partial charge in [-0.25, -0.2) is 0 Å². The molecule has 0 radical (unpaired) electrons.